The van der Waals surface area contributed by atoms with Gasteiger partial charge < -0.3 is 5.32 Å². The highest BCUT2D eigenvalue weighted by Gasteiger charge is 2.10. The largest absolute Gasteiger partial charge is 0.305 e. The Labute approximate surface area is 121 Å². The summed E-state index contributed by atoms with van der Waals surface area (Å²) in [5, 5.41) is 10.4. The van der Waals surface area contributed by atoms with Crippen molar-refractivity contribution in [2.75, 3.05) is 5.32 Å². The SMILES string of the molecule is CCCc1cc(NC(=O)c2cc(Cl)cc(Cl)c2)n[nH]1. The molecule has 0 fully saturated rings. The number of nitrogens with zero attached hydrogens (tertiary/aromatic N) is 1. The molecule has 0 aliphatic rings. The molecule has 1 amide bonds. The number of halogens is 2. The Morgan fingerprint density at radius 3 is 2.58 bits per heavy atom. The molecule has 2 rings (SSSR count). The fourth-order valence-corrected chi connectivity index (χ4v) is 2.22. The normalized spacial score (nSPS) is 10.5. The molecule has 4 nitrogen and oxygen atoms in total. The minimum Gasteiger partial charge on any atom is -0.305 e. The van der Waals surface area contributed by atoms with Gasteiger partial charge in [-0.15, -0.1) is 0 Å². The maximum Gasteiger partial charge on any atom is 0.256 e. The van der Waals surface area contributed by atoms with Crippen molar-refractivity contribution in [2.24, 2.45) is 0 Å². The lowest BCUT2D eigenvalue weighted by atomic mass is 10.2. The quantitative estimate of drug-likeness (QED) is 0.898. The number of carbonyl (C=O) groups excluding carboxylic acids is 1. The first-order valence-electron chi connectivity index (χ1n) is 5.90. The van der Waals surface area contributed by atoms with Crippen molar-refractivity contribution in [3.8, 4) is 0 Å². The first kappa shape index (κ1) is 13.9. The van der Waals surface area contributed by atoms with Gasteiger partial charge in [0.1, 0.15) is 0 Å². The van der Waals surface area contributed by atoms with Crippen molar-refractivity contribution < 1.29 is 4.79 Å². The molecule has 0 saturated heterocycles. The molecule has 6 heteroatoms. The molecule has 1 aromatic carbocycles. The van der Waals surface area contributed by atoms with E-state index in [1.165, 1.54) is 0 Å². The average Bonchev–Trinajstić information content (AvgIpc) is 2.76. The van der Waals surface area contributed by atoms with Crippen LogP contribution in [0, 0.1) is 0 Å². The highest BCUT2D eigenvalue weighted by atomic mass is 35.5. The molecular weight excluding hydrogens is 285 g/mol. The van der Waals surface area contributed by atoms with Crippen molar-refractivity contribution in [1.82, 2.24) is 10.2 Å². The van der Waals surface area contributed by atoms with Gasteiger partial charge in [-0.25, -0.2) is 0 Å². The summed E-state index contributed by atoms with van der Waals surface area (Å²) in [4.78, 5) is 12.0. The predicted molar refractivity (Wildman–Crippen MR) is 77.0 cm³/mol. The number of benzene rings is 1. The maximum absolute atomic E-state index is 12.0. The van der Waals surface area contributed by atoms with Gasteiger partial charge in [0.15, 0.2) is 5.82 Å². The molecule has 1 aromatic heterocycles. The van der Waals surface area contributed by atoms with Gasteiger partial charge in [0.05, 0.1) is 0 Å². The van der Waals surface area contributed by atoms with E-state index in [4.69, 9.17) is 23.2 Å². The van der Waals surface area contributed by atoms with E-state index in [1.54, 1.807) is 18.2 Å². The third-order valence-electron chi connectivity index (χ3n) is 2.52. The van der Waals surface area contributed by atoms with E-state index >= 15 is 0 Å². The van der Waals surface area contributed by atoms with Gasteiger partial charge >= 0.3 is 0 Å². The van der Waals surface area contributed by atoms with Crippen molar-refractivity contribution in [2.45, 2.75) is 19.8 Å². The lowest BCUT2D eigenvalue weighted by Crippen LogP contribution is -2.12. The molecule has 0 aliphatic carbocycles. The molecule has 19 heavy (non-hydrogen) atoms. The molecule has 0 radical (unpaired) electrons. The van der Waals surface area contributed by atoms with Crippen LogP contribution >= 0.6 is 23.2 Å². The molecule has 0 spiro atoms. The summed E-state index contributed by atoms with van der Waals surface area (Å²) >= 11 is 11.7. The second kappa shape index (κ2) is 6.08. The molecule has 0 unspecified atom stereocenters. The third kappa shape index (κ3) is 3.72. The van der Waals surface area contributed by atoms with E-state index in [-0.39, 0.29) is 5.91 Å². The summed E-state index contributed by atoms with van der Waals surface area (Å²) in [6.07, 6.45) is 1.91. The van der Waals surface area contributed by atoms with Crippen LogP contribution in [0.2, 0.25) is 10.0 Å². The van der Waals surface area contributed by atoms with Gasteiger partial charge in [0.2, 0.25) is 0 Å². The van der Waals surface area contributed by atoms with Gasteiger partial charge in [-0.2, -0.15) is 5.10 Å². The van der Waals surface area contributed by atoms with Crippen LogP contribution in [-0.2, 0) is 6.42 Å². The third-order valence-corrected chi connectivity index (χ3v) is 2.95. The van der Waals surface area contributed by atoms with Gasteiger partial charge in [0, 0.05) is 27.4 Å². The Balaban J connectivity index is 2.11. The molecule has 0 aliphatic heterocycles. The first-order valence-corrected chi connectivity index (χ1v) is 6.66. The summed E-state index contributed by atoms with van der Waals surface area (Å²) < 4.78 is 0. The number of hydrogen-bond acceptors (Lipinski definition) is 2. The molecule has 2 aromatic rings. The number of amides is 1. The van der Waals surface area contributed by atoms with E-state index in [1.807, 2.05) is 6.07 Å². The van der Waals surface area contributed by atoms with E-state index < -0.39 is 0 Å². The second-order valence-electron chi connectivity index (χ2n) is 4.14. The summed E-state index contributed by atoms with van der Waals surface area (Å²) in [6, 6.07) is 6.51. The van der Waals surface area contributed by atoms with Crippen LogP contribution in [0.5, 0.6) is 0 Å². The average molecular weight is 298 g/mol. The standard InChI is InChI=1S/C13H13Cl2N3O/c1-2-3-11-7-12(18-17-11)16-13(19)8-4-9(14)6-10(15)5-8/h4-7H,2-3H2,1H3,(H2,16,17,18,19). The van der Waals surface area contributed by atoms with Crippen LogP contribution in [0.1, 0.15) is 29.4 Å². The number of aromatic amines is 1. The van der Waals surface area contributed by atoms with Crippen molar-refractivity contribution in [3.63, 3.8) is 0 Å². The zero-order chi connectivity index (χ0) is 13.8. The van der Waals surface area contributed by atoms with Crippen LogP contribution in [0.25, 0.3) is 0 Å². The predicted octanol–water partition coefficient (Wildman–Crippen LogP) is 3.92. The Hall–Kier alpha value is -1.52. The first-order chi connectivity index (χ1) is 9.08. The lowest BCUT2D eigenvalue weighted by molar-refractivity contribution is 0.102. The van der Waals surface area contributed by atoms with E-state index in [0.717, 1.165) is 18.5 Å². The number of aryl methyl sites for hydroxylation is 1. The second-order valence-corrected chi connectivity index (χ2v) is 5.01. The van der Waals surface area contributed by atoms with Crippen molar-refractivity contribution in [3.05, 3.63) is 45.6 Å². The summed E-state index contributed by atoms with van der Waals surface area (Å²) in [5.41, 5.74) is 1.39. The van der Waals surface area contributed by atoms with Gasteiger partial charge in [0.25, 0.3) is 5.91 Å². The Bertz CT molecular complexity index is 575. The molecule has 2 N–H and O–H groups in total. The number of aromatic nitrogens is 2. The Morgan fingerprint density at radius 1 is 1.26 bits per heavy atom. The minimum atomic E-state index is -0.293. The molecule has 1 heterocycles. The topological polar surface area (TPSA) is 57.8 Å². The fraction of sp³-hybridized carbons (Fsp3) is 0.231. The number of anilines is 1. The zero-order valence-electron chi connectivity index (χ0n) is 10.3. The Morgan fingerprint density at radius 2 is 1.95 bits per heavy atom. The molecular formula is C13H13Cl2N3O. The highest BCUT2D eigenvalue weighted by molar-refractivity contribution is 6.35. The van der Waals surface area contributed by atoms with E-state index in [2.05, 4.69) is 22.4 Å². The van der Waals surface area contributed by atoms with Crippen LogP contribution < -0.4 is 5.32 Å². The Kier molecular flexibility index (Phi) is 4.45. The van der Waals surface area contributed by atoms with Gasteiger partial charge in [-0.1, -0.05) is 36.5 Å². The zero-order valence-corrected chi connectivity index (χ0v) is 11.8. The van der Waals surface area contributed by atoms with Crippen molar-refractivity contribution >= 4 is 34.9 Å². The number of rotatable bonds is 4. The summed E-state index contributed by atoms with van der Waals surface area (Å²) in [7, 11) is 0. The number of carbonyl (C=O) groups is 1. The molecule has 0 atom stereocenters. The van der Waals surface area contributed by atoms with Crippen LogP contribution in [0.3, 0.4) is 0 Å². The summed E-state index contributed by atoms with van der Waals surface area (Å²) in [5.74, 6) is 0.198. The van der Waals surface area contributed by atoms with Crippen LogP contribution in [-0.4, -0.2) is 16.1 Å². The van der Waals surface area contributed by atoms with Crippen LogP contribution in [0.15, 0.2) is 24.3 Å². The van der Waals surface area contributed by atoms with Gasteiger partial charge in [-0.3, -0.25) is 9.89 Å². The highest BCUT2D eigenvalue weighted by Crippen LogP contribution is 2.20. The summed E-state index contributed by atoms with van der Waals surface area (Å²) in [6.45, 7) is 2.08. The minimum absolute atomic E-state index is 0.293. The number of hydrogen-bond donors (Lipinski definition) is 2. The molecule has 0 saturated carbocycles. The number of nitrogens with one attached hydrogen (secondary N) is 2. The van der Waals surface area contributed by atoms with Crippen LogP contribution in [0.4, 0.5) is 5.82 Å². The van der Waals surface area contributed by atoms with E-state index in [0.29, 0.717) is 21.4 Å². The smallest absolute Gasteiger partial charge is 0.256 e. The fourth-order valence-electron chi connectivity index (χ4n) is 1.70. The molecule has 100 valence electrons. The van der Waals surface area contributed by atoms with Gasteiger partial charge in [-0.05, 0) is 24.6 Å². The lowest BCUT2D eigenvalue weighted by Gasteiger charge is -2.03. The van der Waals surface area contributed by atoms with Crippen molar-refractivity contribution in [1.29, 1.82) is 0 Å². The number of H-pyrrole nitrogens is 1. The van der Waals surface area contributed by atoms with E-state index in [9.17, 15) is 4.79 Å². The monoisotopic (exact) mass is 297 g/mol. The molecule has 0 bridgehead atoms. The maximum atomic E-state index is 12.0.